The number of carbonyl (C=O) groups is 1. The quantitative estimate of drug-likeness (QED) is 0.640. The molecule has 70 valence electrons. The molecular weight excluding hydrogens is 158 g/mol. The summed E-state index contributed by atoms with van der Waals surface area (Å²) in [5.41, 5.74) is 4.77. The van der Waals surface area contributed by atoms with E-state index < -0.39 is 11.4 Å². The number of hydrogen-bond donors (Lipinski definition) is 2. The zero-order valence-electron chi connectivity index (χ0n) is 7.08. The topological polar surface area (TPSA) is 72.6 Å². The minimum Gasteiger partial charge on any atom is -0.481 e. The third-order valence-electron chi connectivity index (χ3n) is 2.53. The normalized spacial score (nSPS) is 22.1. The Morgan fingerprint density at radius 3 is 2.50 bits per heavy atom. The molecule has 1 saturated heterocycles. The van der Waals surface area contributed by atoms with Gasteiger partial charge in [0, 0.05) is 13.2 Å². The minimum absolute atomic E-state index is 0.437. The molecule has 4 heteroatoms. The number of carboxylic acids is 1. The molecule has 1 fully saturated rings. The first-order valence-electron chi connectivity index (χ1n) is 4.22. The first-order valence-corrected chi connectivity index (χ1v) is 4.22. The molecule has 1 rings (SSSR count). The molecule has 4 nitrogen and oxygen atoms in total. The molecule has 1 heterocycles. The van der Waals surface area contributed by atoms with E-state index in [1.54, 1.807) is 0 Å². The number of hydrogen-bond acceptors (Lipinski definition) is 3. The van der Waals surface area contributed by atoms with Gasteiger partial charge in [-0.15, -0.1) is 0 Å². The Labute approximate surface area is 71.7 Å². The van der Waals surface area contributed by atoms with Crippen LogP contribution in [0.3, 0.4) is 0 Å². The molecule has 0 aromatic heterocycles. The zero-order valence-corrected chi connectivity index (χ0v) is 7.08. The Morgan fingerprint density at radius 2 is 2.08 bits per heavy atom. The molecule has 0 atom stereocenters. The van der Waals surface area contributed by atoms with Gasteiger partial charge in [-0.25, -0.2) is 0 Å². The van der Waals surface area contributed by atoms with Crippen LogP contribution in [0.25, 0.3) is 0 Å². The summed E-state index contributed by atoms with van der Waals surface area (Å²) in [7, 11) is 0. The summed E-state index contributed by atoms with van der Waals surface area (Å²) in [6.45, 7) is 1.53. The largest absolute Gasteiger partial charge is 0.481 e. The van der Waals surface area contributed by atoms with E-state index >= 15 is 0 Å². The summed E-state index contributed by atoms with van der Waals surface area (Å²) in [4.78, 5) is 11.0. The monoisotopic (exact) mass is 173 g/mol. The van der Waals surface area contributed by atoms with Crippen molar-refractivity contribution in [2.24, 2.45) is 11.1 Å². The Balaban J connectivity index is 2.63. The molecule has 0 amide bonds. The number of nitrogens with two attached hydrogens (primary N) is 1. The minimum atomic E-state index is -0.726. The summed E-state index contributed by atoms with van der Waals surface area (Å²) in [6.07, 6.45) is 1.75. The van der Waals surface area contributed by atoms with Crippen molar-refractivity contribution in [1.82, 2.24) is 0 Å². The van der Waals surface area contributed by atoms with Crippen LogP contribution in [0.15, 0.2) is 0 Å². The van der Waals surface area contributed by atoms with E-state index in [4.69, 9.17) is 15.6 Å². The lowest BCUT2D eigenvalue weighted by Gasteiger charge is -2.32. The van der Waals surface area contributed by atoms with Crippen LogP contribution in [0.1, 0.15) is 19.3 Å². The Kier molecular flexibility index (Phi) is 3.05. The van der Waals surface area contributed by atoms with E-state index in [9.17, 15) is 4.79 Å². The summed E-state index contributed by atoms with van der Waals surface area (Å²) in [6, 6.07) is 0. The maximum absolute atomic E-state index is 11.0. The molecule has 0 radical (unpaired) electrons. The molecule has 1 aliphatic heterocycles. The predicted molar refractivity (Wildman–Crippen MR) is 43.8 cm³/mol. The highest BCUT2D eigenvalue weighted by atomic mass is 16.5. The van der Waals surface area contributed by atoms with Crippen LogP contribution in [-0.4, -0.2) is 30.8 Å². The van der Waals surface area contributed by atoms with Gasteiger partial charge in [0.1, 0.15) is 0 Å². The summed E-state index contributed by atoms with van der Waals surface area (Å²) in [5, 5.41) is 9.01. The molecule has 0 bridgehead atoms. The standard InChI is InChI=1S/C8H15NO3/c9-4-1-8(7(10)11)2-5-12-6-3-8/h1-6,9H2,(H,10,11). The second-order valence-electron chi connectivity index (χ2n) is 3.24. The van der Waals surface area contributed by atoms with E-state index in [0.29, 0.717) is 39.0 Å². The summed E-state index contributed by atoms with van der Waals surface area (Å²) in [5.74, 6) is -0.726. The zero-order chi connectivity index (χ0) is 9.03. The van der Waals surface area contributed by atoms with Gasteiger partial charge in [-0.3, -0.25) is 4.79 Å². The molecular formula is C8H15NO3. The lowest BCUT2D eigenvalue weighted by molar-refractivity contribution is -0.155. The molecule has 0 aliphatic carbocycles. The van der Waals surface area contributed by atoms with E-state index in [1.807, 2.05) is 0 Å². The second kappa shape index (κ2) is 3.87. The van der Waals surface area contributed by atoms with Gasteiger partial charge in [-0.2, -0.15) is 0 Å². The van der Waals surface area contributed by atoms with Gasteiger partial charge in [0.2, 0.25) is 0 Å². The molecule has 0 saturated carbocycles. The van der Waals surface area contributed by atoms with E-state index in [0.717, 1.165) is 0 Å². The van der Waals surface area contributed by atoms with Gasteiger partial charge < -0.3 is 15.6 Å². The lowest BCUT2D eigenvalue weighted by Crippen LogP contribution is -2.38. The predicted octanol–water partition coefficient (Wildman–Crippen LogP) is 0.217. The SMILES string of the molecule is NCCC1(C(=O)O)CCOCC1. The van der Waals surface area contributed by atoms with Crippen molar-refractivity contribution in [1.29, 1.82) is 0 Å². The molecule has 12 heavy (non-hydrogen) atoms. The van der Waals surface area contributed by atoms with Crippen LogP contribution in [0.2, 0.25) is 0 Å². The fourth-order valence-electron chi connectivity index (χ4n) is 1.61. The van der Waals surface area contributed by atoms with Crippen molar-refractivity contribution in [2.45, 2.75) is 19.3 Å². The van der Waals surface area contributed by atoms with Crippen LogP contribution in [0, 0.1) is 5.41 Å². The Bertz CT molecular complexity index is 158. The van der Waals surface area contributed by atoms with E-state index in [2.05, 4.69) is 0 Å². The van der Waals surface area contributed by atoms with Crippen molar-refractivity contribution in [3.63, 3.8) is 0 Å². The highest BCUT2D eigenvalue weighted by Crippen LogP contribution is 2.33. The van der Waals surface area contributed by atoms with Gasteiger partial charge in [-0.1, -0.05) is 0 Å². The van der Waals surface area contributed by atoms with Crippen molar-refractivity contribution < 1.29 is 14.6 Å². The maximum atomic E-state index is 11.0. The number of ether oxygens (including phenoxy) is 1. The molecule has 0 aromatic rings. The third kappa shape index (κ3) is 1.76. The van der Waals surface area contributed by atoms with Gasteiger partial charge in [0.25, 0.3) is 0 Å². The Hall–Kier alpha value is -0.610. The smallest absolute Gasteiger partial charge is 0.309 e. The highest BCUT2D eigenvalue weighted by molar-refractivity contribution is 5.74. The highest BCUT2D eigenvalue weighted by Gasteiger charge is 2.39. The van der Waals surface area contributed by atoms with Crippen molar-refractivity contribution >= 4 is 5.97 Å². The average Bonchev–Trinajstić information content (AvgIpc) is 2.06. The average molecular weight is 173 g/mol. The van der Waals surface area contributed by atoms with Crippen LogP contribution < -0.4 is 5.73 Å². The van der Waals surface area contributed by atoms with Crippen molar-refractivity contribution in [3.05, 3.63) is 0 Å². The van der Waals surface area contributed by atoms with Crippen molar-refractivity contribution in [2.75, 3.05) is 19.8 Å². The fourth-order valence-corrected chi connectivity index (χ4v) is 1.61. The molecule has 0 unspecified atom stereocenters. The van der Waals surface area contributed by atoms with Gasteiger partial charge >= 0.3 is 5.97 Å². The third-order valence-corrected chi connectivity index (χ3v) is 2.53. The lowest BCUT2D eigenvalue weighted by atomic mass is 9.77. The fraction of sp³-hybridized carbons (Fsp3) is 0.875. The van der Waals surface area contributed by atoms with Crippen LogP contribution >= 0.6 is 0 Å². The first-order chi connectivity index (χ1) is 5.71. The number of aliphatic carboxylic acids is 1. The number of rotatable bonds is 3. The maximum Gasteiger partial charge on any atom is 0.309 e. The molecule has 0 spiro atoms. The van der Waals surface area contributed by atoms with E-state index in [-0.39, 0.29) is 0 Å². The van der Waals surface area contributed by atoms with Crippen molar-refractivity contribution in [3.8, 4) is 0 Å². The van der Waals surface area contributed by atoms with Crippen LogP contribution in [-0.2, 0) is 9.53 Å². The second-order valence-corrected chi connectivity index (χ2v) is 3.24. The molecule has 1 aliphatic rings. The van der Waals surface area contributed by atoms with E-state index in [1.165, 1.54) is 0 Å². The summed E-state index contributed by atoms with van der Waals surface area (Å²) >= 11 is 0. The van der Waals surface area contributed by atoms with Gasteiger partial charge in [-0.05, 0) is 25.8 Å². The van der Waals surface area contributed by atoms with Crippen LogP contribution in [0.4, 0.5) is 0 Å². The first kappa shape index (κ1) is 9.48. The molecule has 0 aromatic carbocycles. The van der Waals surface area contributed by atoms with Gasteiger partial charge in [0.05, 0.1) is 5.41 Å². The molecule has 3 N–H and O–H groups in total. The summed E-state index contributed by atoms with van der Waals surface area (Å²) < 4.78 is 5.12. The van der Waals surface area contributed by atoms with Crippen LogP contribution in [0.5, 0.6) is 0 Å². The van der Waals surface area contributed by atoms with Gasteiger partial charge in [0.15, 0.2) is 0 Å². The number of carboxylic acid groups (broad SMARTS) is 1. The Morgan fingerprint density at radius 1 is 1.50 bits per heavy atom.